The number of ether oxygens (including phenoxy) is 1. The van der Waals surface area contributed by atoms with Crippen LogP contribution in [0.2, 0.25) is 0 Å². The molecule has 4 aromatic heterocycles. The van der Waals surface area contributed by atoms with Crippen LogP contribution in [0.15, 0.2) is 55.0 Å². The molecule has 32 heavy (non-hydrogen) atoms. The monoisotopic (exact) mass is 430 g/mol. The topological polar surface area (TPSA) is 92.5 Å². The molecule has 0 bridgehead atoms. The van der Waals surface area contributed by atoms with Crippen molar-refractivity contribution < 1.29 is 4.74 Å². The number of pyridine rings is 2. The van der Waals surface area contributed by atoms with Crippen LogP contribution < -0.4 is 15.5 Å². The second-order valence-electron chi connectivity index (χ2n) is 7.66. The third kappa shape index (κ3) is 4.62. The van der Waals surface area contributed by atoms with Crippen LogP contribution >= 0.6 is 0 Å². The Morgan fingerprint density at radius 3 is 2.75 bits per heavy atom. The summed E-state index contributed by atoms with van der Waals surface area (Å²) in [6.07, 6.45) is 7.66. The highest BCUT2D eigenvalue weighted by Crippen LogP contribution is 2.24. The van der Waals surface area contributed by atoms with Gasteiger partial charge in [0.25, 0.3) is 0 Å². The number of rotatable bonds is 7. The van der Waals surface area contributed by atoms with Gasteiger partial charge in [-0.15, -0.1) is 0 Å². The summed E-state index contributed by atoms with van der Waals surface area (Å²) < 4.78 is 7.47. The highest BCUT2D eigenvalue weighted by atomic mass is 16.5. The van der Waals surface area contributed by atoms with Gasteiger partial charge < -0.3 is 24.7 Å². The lowest BCUT2D eigenvalue weighted by atomic mass is 10.2. The number of hydrogen-bond acceptors (Lipinski definition) is 8. The lowest BCUT2D eigenvalue weighted by molar-refractivity contribution is 0.122. The van der Waals surface area contributed by atoms with Crippen LogP contribution in [0.25, 0.3) is 5.65 Å². The first-order chi connectivity index (χ1) is 15.8. The number of morpholine rings is 1. The van der Waals surface area contributed by atoms with Crippen molar-refractivity contribution in [2.75, 3.05) is 41.8 Å². The van der Waals surface area contributed by atoms with Gasteiger partial charge in [-0.1, -0.05) is 19.4 Å². The van der Waals surface area contributed by atoms with E-state index < -0.39 is 0 Å². The van der Waals surface area contributed by atoms with E-state index >= 15 is 0 Å². The van der Waals surface area contributed by atoms with Gasteiger partial charge in [-0.05, 0) is 24.6 Å². The Bertz CT molecular complexity index is 1200. The highest BCUT2D eigenvalue weighted by molar-refractivity contribution is 5.65. The number of aryl methyl sites for hydroxylation is 1. The number of fused-ring (bicyclic) bond motifs is 1. The molecule has 0 atom stereocenters. The van der Waals surface area contributed by atoms with Crippen molar-refractivity contribution in [2.24, 2.45) is 0 Å². The van der Waals surface area contributed by atoms with Gasteiger partial charge in [-0.25, -0.2) is 9.97 Å². The van der Waals surface area contributed by atoms with E-state index in [1.807, 2.05) is 53.2 Å². The zero-order chi connectivity index (χ0) is 21.8. The summed E-state index contributed by atoms with van der Waals surface area (Å²) in [4.78, 5) is 20.7. The summed E-state index contributed by atoms with van der Waals surface area (Å²) in [5.74, 6) is 2.78. The molecule has 2 N–H and O–H groups in total. The first-order valence-electron chi connectivity index (χ1n) is 10.9. The number of anilines is 5. The second-order valence-corrected chi connectivity index (χ2v) is 7.66. The molecule has 4 aromatic rings. The van der Waals surface area contributed by atoms with Gasteiger partial charge in [-0.2, -0.15) is 9.97 Å². The molecule has 0 aromatic carbocycles. The Morgan fingerprint density at radius 1 is 0.969 bits per heavy atom. The minimum atomic E-state index is 0.500. The van der Waals surface area contributed by atoms with Crippen molar-refractivity contribution in [3.05, 3.63) is 60.7 Å². The molecule has 164 valence electrons. The van der Waals surface area contributed by atoms with Crippen molar-refractivity contribution in [1.82, 2.24) is 24.3 Å². The van der Waals surface area contributed by atoms with E-state index in [-0.39, 0.29) is 0 Å². The van der Waals surface area contributed by atoms with Crippen LogP contribution in [-0.2, 0) is 11.2 Å². The molecule has 9 nitrogen and oxygen atoms in total. The molecule has 0 unspecified atom stereocenters. The van der Waals surface area contributed by atoms with Crippen molar-refractivity contribution in [2.45, 2.75) is 19.8 Å². The van der Waals surface area contributed by atoms with E-state index in [1.54, 1.807) is 6.20 Å². The fourth-order valence-electron chi connectivity index (χ4n) is 3.70. The molecular formula is C23H26N8O. The second kappa shape index (κ2) is 9.19. The summed E-state index contributed by atoms with van der Waals surface area (Å²) in [7, 11) is 0. The fraction of sp³-hybridized carbons (Fsp3) is 0.304. The molecule has 1 saturated heterocycles. The molecule has 0 spiro atoms. The summed E-state index contributed by atoms with van der Waals surface area (Å²) in [5.41, 5.74) is 2.82. The van der Waals surface area contributed by atoms with Crippen LogP contribution in [0, 0.1) is 0 Å². The molecule has 0 amide bonds. The summed E-state index contributed by atoms with van der Waals surface area (Å²) >= 11 is 0. The first-order valence-corrected chi connectivity index (χ1v) is 10.9. The predicted octanol–water partition coefficient (Wildman–Crippen LogP) is 3.80. The van der Waals surface area contributed by atoms with E-state index in [0.717, 1.165) is 54.6 Å². The lowest BCUT2D eigenvalue weighted by Crippen LogP contribution is -2.36. The zero-order valence-electron chi connectivity index (χ0n) is 18.0. The molecule has 1 aliphatic heterocycles. The van der Waals surface area contributed by atoms with Crippen LogP contribution in [-0.4, -0.2) is 50.6 Å². The van der Waals surface area contributed by atoms with Gasteiger partial charge in [0.1, 0.15) is 23.1 Å². The molecule has 5 heterocycles. The Kier molecular flexibility index (Phi) is 5.80. The Balaban J connectivity index is 1.45. The van der Waals surface area contributed by atoms with E-state index in [0.29, 0.717) is 25.0 Å². The summed E-state index contributed by atoms with van der Waals surface area (Å²) in [6, 6.07) is 11.9. The average Bonchev–Trinajstić information content (AvgIpc) is 3.28. The van der Waals surface area contributed by atoms with Crippen molar-refractivity contribution in [3.63, 3.8) is 0 Å². The number of aromatic nitrogens is 5. The van der Waals surface area contributed by atoms with Crippen LogP contribution in [0.1, 0.15) is 19.0 Å². The number of nitrogens with zero attached hydrogens (tertiary/aromatic N) is 6. The van der Waals surface area contributed by atoms with E-state index in [9.17, 15) is 0 Å². The largest absolute Gasteiger partial charge is 0.378 e. The zero-order valence-corrected chi connectivity index (χ0v) is 18.0. The van der Waals surface area contributed by atoms with Gasteiger partial charge >= 0.3 is 0 Å². The Hall–Kier alpha value is -3.72. The Morgan fingerprint density at radius 2 is 1.88 bits per heavy atom. The van der Waals surface area contributed by atoms with Gasteiger partial charge in [0, 0.05) is 55.2 Å². The number of nitrogens with one attached hydrogen (secondary N) is 2. The van der Waals surface area contributed by atoms with Crippen molar-refractivity contribution >= 4 is 34.7 Å². The maximum atomic E-state index is 5.51. The van der Waals surface area contributed by atoms with Crippen LogP contribution in [0.5, 0.6) is 0 Å². The van der Waals surface area contributed by atoms with Gasteiger partial charge in [0.05, 0.1) is 13.2 Å². The van der Waals surface area contributed by atoms with Crippen molar-refractivity contribution in [3.8, 4) is 0 Å². The summed E-state index contributed by atoms with van der Waals surface area (Å²) in [5, 5.41) is 6.69. The van der Waals surface area contributed by atoms with Gasteiger partial charge in [-0.3, -0.25) is 0 Å². The van der Waals surface area contributed by atoms with E-state index in [4.69, 9.17) is 14.7 Å². The molecule has 0 saturated carbocycles. The van der Waals surface area contributed by atoms with E-state index in [1.165, 1.54) is 0 Å². The minimum absolute atomic E-state index is 0.500. The number of hydrogen-bond donors (Lipinski definition) is 2. The molecule has 0 aliphatic carbocycles. The van der Waals surface area contributed by atoms with Gasteiger partial charge in [0.15, 0.2) is 0 Å². The van der Waals surface area contributed by atoms with Crippen molar-refractivity contribution in [1.29, 1.82) is 0 Å². The molecule has 1 aliphatic rings. The standard InChI is InChI=1S/C23H26N8O/c1-2-4-17-5-3-6-19(25-17)27-23-28-20(16-22(29-23)31-11-13-32-14-12-31)26-18-7-9-30-10-8-24-21(30)15-18/h3,5-10,15-16H,2,4,11-14H2,1H3,(H2,25,26,27,28,29). The van der Waals surface area contributed by atoms with Gasteiger partial charge in [0.2, 0.25) is 5.95 Å². The predicted molar refractivity (Wildman–Crippen MR) is 125 cm³/mol. The third-order valence-corrected chi connectivity index (χ3v) is 5.27. The Labute approximate surface area is 186 Å². The lowest BCUT2D eigenvalue weighted by Gasteiger charge is -2.28. The fourth-order valence-corrected chi connectivity index (χ4v) is 3.70. The van der Waals surface area contributed by atoms with Crippen LogP contribution in [0.4, 0.5) is 29.1 Å². The van der Waals surface area contributed by atoms with E-state index in [2.05, 4.69) is 32.4 Å². The smallest absolute Gasteiger partial charge is 0.232 e. The molecule has 0 radical (unpaired) electrons. The normalized spacial score (nSPS) is 14.0. The highest BCUT2D eigenvalue weighted by Gasteiger charge is 2.16. The first kappa shape index (κ1) is 20.2. The summed E-state index contributed by atoms with van der Waals surface area (Å²) in [6.45, 7) is 5.11. The molecule has 1 fully saturated rings. The quantitative estimate of drug-likeness (QED) is 0.457. The average molecular weight is 431 g/mol. The SMILES string of the molecule is CCCc1cccc(Nc2nc(Nc3ccn4ccnc4c3)cc(N3CCOCC3)n2)n1. The van der Waals surface area contributed by atoms with Crippen LogP contribution in [0.3, 0.4) is 0 Å². The number of imidazole rings is 1. The maximum Gasteiger partial charge on any atom is 0.232 e. The molecule has 5 rings (SSSR count). The minimum Gasteiger partial charge on any atom is -0.378 e. The molecular weight excluding hydrogens is 404 g/mol. The molecule has 9 heteroatoms. The maximum absolute atomic E-state index is 5.51. The third-order valence-electron chi connectivity index (χ3n) is 5.27.